The van der Waals surface area contributed by atoms with Crippen LogP contribution in [0.4, 0.5) is 0 Å². The molecule has 0 spiro atoms. The normalized spacial score (nSPS) is 11.3. The smallest absolute Gasteiger partial charge is 0.241 e. The molecule has 0 amide bonds. The lowest BCUT2D eigenvalue weighted by molar-refractivity contribution is 0.354. The molecular weight excluding hydrogens is 298 g/mol. The van der Waals surface area contributed by atoms with Gasteiger partial charge < -0.3 is 9.47 Å². The summed E-state index contributed by atoms with van der Waals surface area (Å²) in [6.45, 7) is 0.264. The van der Waals surface area contributed by atoms with Gasteiger partial charge in [-0.25, -0.2) is 13.1 Å². The topological polar surface area (TPSA) is 64.6 Å². The first-order chi connectivity index (χ1) is 9.56. The van der Waals surface area contributed by atoms with Gasteiger partial charge in [-0.2, -0.15) is 11.3 Å². The Bertz CT molecular complexity index is 666. The van der Waals surface area contributed by atoms with Crippen LogP contribution < -0.4 is 14.2 Å². The van der Waals surface area contributed by atoms with Gasteiger partial charge in [0, 0.05) is 12.6 Å². The number of nitrogens with one attached hydrogen (secondary N) is 1. The molecule has 0 atom stereocenters. The van der Waals surface area contributed by atoms with E-state index >= 15 is 0 Å². The molecule has 0 saturated carbocycles. The molecule has 0 unspecified atom stereocenters. The molecule has 2 rings (SSSR count). The van der Waals surface area contributed by atoms with Gasteiger partial charge in [-0.15, -0.1) is 0 Å². The minimum Gasteiger partial charge on any atom is -0.493 e. The molecule has 7 heteroatoms. The SMILES string of the molecule is COc1ccc(S(=O)(=O)NCc2ccsc2)cc1OC. The van der Waals surface area contributed by atoms with Crippen LogP contribution in [0.1, 0.15) is 5.56 Å². The average molecular weight is 313 g/mol. The Morgan fingerprint density at radius 2 is 1.90 bits per heavy atom. The van der Waals surface area contributed by atoms with Crippen molar-refractivity contribution in [2.24, 2.45) is 0 Å². The summed E-state index contributed by atoms with van der Waals surface area (Å²) >= 11 is 1.53. The summed E-state index contributed by atoms with van der Waals surface area (Å²) < 4.78 is 37.1. The second-order valence-electron chi connectivity index (χ2n) is 3.97. The Morgan fingerprint density at radius 3 is 2.50 bits per heavy atom. The van der Waals surface area contributed by atoms with Crippen molar-refractivity contribution in [2.45, 2.75) is 11.4 Å². The van der Waals surface area contributed by atoms with Gasteiger partial charge in [0.15, 0.2) is 11.5 Å². The molecule has 1 N–H and O–H groups in total. The van der Waals surface area contributed by atoms with Gasteiger partial charge in [-0.3, -0.25) is 0 Å². The zero-order valence-electron chi connectivity index (χ0n) is 11.1. The van der Waals surface area contributed by atoms with Crippen molar-refractivity contribution in [3.05, 3.63) is 40.6 Å². The van der Waals surface area contributed by atoms with E-state index in [1.807, 2.05) is 16.8 Å². The van der Waals surface area contributed by atoms with E-state index in [1.165, 1.54) is 37.7 Å². The van der Waals surface area contributed by atoms with E-state index < -0.39 is 10.0 Å². The highest BCUT2D eigenvalue weighted by molar-refractivity contribution is 7.89. The Balaban J connectivity index is 2.20. The number of ether oxygens (including phenoxy) is 2. The Morgan fingerprint density at radius 1 is 1.15 bits per heavy atom. The minimum atomic E-state index is -3.57. The van der Waals surface area contributed by atoms with Crippen LogP contribution in [0, 0.1) is 0 Å². The number of hydrogen-bond acceptors (Lipinski definition) is 5. The van der Waals surface area contributed by atoms with Crippen molar-refractivity contribution >= 4 is 21.4 Å². The van der Waals surface area contributed by atoms with Crippen molar-refractivity contribution in [3.63, 3.8) is 0 Å². The van der Waals surface area contributed by atoms with Crippen molar-refractivity contribution < 1.29 is 17.9 Å². The zero-order chi connectivity index (χ0) is 14.6. The monoisotopic (exact) mass is 313 g/mol. The fraction of sp³-hybridized carbons (Fsp3) is 0.231. The first-order valence-electron chi connectivity index (χ1n) is 5.79. The number of thiophene rings is 1. The first kappa shape index (κ1) is 14.8. The quantitative estimate of drug-likeness (QED) is 0.888. The van der Waals surface area contributed by atoms with Crippen LogP contribution in [0.5, 0.6) is 11.5 Å². The van der Waals surface area contributed by atoms with Gasteiger partial charge in [0.05, 0.1) is 19.1 Å². The summed E-state index contributed by atoms with van der Waals surface area (Å²) in [6.07, 6.45) is 0. The second-order valence-corrected chi connectivity index (χ2v) is 6.52. The van der Waals surface area contributed by atoms with Gasteiger partial charge in [0.25, 0.3) is 0 Å². The van der Waals surface area contributed by atoms with Crippen molar-refractivity contribution in [2.75, 3.05) is 14.2 Å². The van der Waals surface area contributed by atoms with Crippen LogP contribution in [-0.4, -0.2) is 22.6 Å². The largest absolute Gasteiger partial charge is 0.493 e. The molecule has 0 radical (unpaired) electrons. The molecule has 0 aliphatic carbocycles. The Hall–Kier alpha value is -1.57. The van der Waals surface area contributed by atoms with Crippen LogP contribution in [0.15, 0.2) is 39.9 Å². The molecule has 1 heterocycles. The number of sulfonamides is 1. The lowest BCUT2D eigenvalue weighted by Crippen LogP contribution is -2.23. The lowest BCUT2D eigenvalue weighted by Gasteiger charge is -2.10. The van der Waals surface area contributed by atoms with Crippen molar-refractivity contribution in [1.82, 2.24) is 4.72 Å². The van der Waals surface area contributed by atoms with E-state index in [4.69, 9.17) is 9.47 Å². The lowest BCUT2D eigenvalue weighted by atomic mass is 10.3. The molecule has 0 saturated heterocycles. The van der Waals surface area contributed by atoms with E-state index in [0.29, 0.717) is 11.5 Å². The number of hydrogen-bond donors (Lipinski definition) is 1. The summed E-state index contributed by atoms with van der Waals surface area (Å²) in [4.78, 5) is 0.144. The summed E-state index contributed by atoms with van der Waals surface area (Å²) in [6, 6.07) is 6.37. The highest BCUT2D eigenvalue weighted by Crippen LogP contribution is 2.29. The van der Waals surface area contributed by atoms with Crippen LogP contribution in [-0.2, 0) is 16.6 Å². The predicted octanol–water partition coefficient (Wildman–Crippen LogP) is 2.24. The van der Waals surface area contributed by atoms with Gasteiger partial charge in [0.1, 0.15) is 0 Å². The van der Waals surface area contributed by atoms with Crippen molar-refractivity contribution in [3.8, 4) is 11.5 Å². The van der Waals surface area contributed by atoms with Crippen LogP contribution in [0.3, 0.4) is 0 Å². The van der Waals surface area contributed by atoms with E-state index in [1.54, 1.807) is 6.07 Å². The second kappa shape index (κ2) is 6.25. The maximum Gasteiger partial charge on any atom is 0.241 e. The summed E-state index contributed by atoms with van der Waals surface area (Å²) in [5, 5.41) is 3.80. The molecule has 1 aromatic heterocycles. The predicted molar refractivity (Wildman–Crippen MR) is 77.9 cm³/mol. The van der Waals surface area contributed by atoms with Crippen molar-refractivity contribution in [1.29, 1.82) is 0 Å². The van der Waals surface area contributed by atoms with Gasteiger partial charge in [0.2, 0.25) is 10.0 Å². The highest BCUT2D eigenvalue weighted by atomic mass is 32.2. The summed E-state index contributed by atoms with van der Waals surface area (Å²) in [5.74, 6) is 0.871. The van der Waals surface area contributed by atoms with E-state index in [0.717, 1.165) is 5.56 Å². The van der Waals surface area contributed by atoms with Crippen LogP contribution in [0.25, 0.3) is 0 Å². The summed E-state index contributed by atoms with van der Waals surface area (Å²) in [5.41, 5.74) is 0.930. The van der Waals surface area contributed by atoms with Crippen LogP contribution in [0.2, 0.25) is 0 Å². The Labute approximate surface area is 122 Å². The number of rotatable bonds is 6. The standard InChI is InChI=1S/C13H15NO4S2/c1-17-12-4-3-11(7-13(12)18-2)20(15,16)14-8-10-5-6-19-9-10/h3-7,9,14H,8H2,1-2H3. The fourth-order valence-electron chi connectivity index (χ4n) is 1.64. The van der Waals surface area contributed by atoms with Gasteiger partial charge in [-0.1, -0.05) is 0 Å². The van der Waals surface area contributed by atoms with E-state index in [2.05, 4.69) is 4.72 Å². The van der Waals surface area contributed by atoms with E-state index in [-0.39, 0.29) is 11.4 Å². The molecule has 0 aliphatic heterocycles. The maximum absolute atomic E-state index is 12.2. The van der Waals surface area contributed by atoms with Gasteiger partial charge >= 0.3 is 0 Å². The summed E-state index contributed by atoms with van der Waals surface area (Å²) in [7, 11) is -0.609. The first-order valence-corrected chi connectivity index (χ1v) is 8.22. The fourth-order valence-corrected chi connectivity index (χ4v) is 3.34. The number of benzene rings is 1. The molecular formula is C13H15NO4S2. The van der Waals surface area contributed by atoms with Gasteiger partial charge in [-0.05, 0) is 34.5 Å². The number of methoxy groups -OCH3 is 2. The third kappa shape index (κ3) is 3.30. The third-order valence-corrected chi connectivity index (χ3v) is 4.84. The molecule has 2 aromatic rings. The average Bonchev–Trinajstić information content (AvgIpc) is 2.97. The maximum atomic E-state index is 12.2. The van der Waals surface area contributed by atoms with E-state index in [9.17, 15) is 8.42 Å². The Kier molecular flexibility index (Phi) is 4.64. The minimum absolute atomic E-state index is 0.144. The third-order valence-electron chi connectivity index (χ3n) is 2.71. The highest BCUT2D eigenvalue weighted by Gasteiger charge is 2.16. The molecule has 108 valence electrons. The zero-order valence-corrected chi connectivity index (χ0v) is 12.8. The molecule has 5 nitrogen and oxygen atoms in total. The molecule has 0 aliphatic rings. The molecule has 0 fully saturated rings. The van der Waals surface area contributed by atoms with Crippen LogP contribution >= 0.6 is 11.3 Å². The molecule has 20 heavy (non-hydrogen) atoms. The molecule has 0 bridgehead atoms. The molecule has 1 aromatic carbocycles.